The third-order valence-corrected chi connectivity index (χ3v) is 3.53. The molecule has 0 saturated carbocycles. The molecule has 0 spiro atoms. The second kappa shape index (κ2) is 7.94. The van der Waals surface area contributed by atoms with Crippen LogP contribution in [0.2, 0.25) is 0 Å². The minimum absolute atomic E-state index is 0.0695. The Kier molecular flexibility index (Phi) is 6.56. The molecule has 0 unspecified atom stereocenters. The molecule has 1 rings (SSSR count). The first-order chi connectivity index (χ1) is 9.02. The second-order valence-corrected chi connectivity index (χ2v) is 5.85. The minimum atomic E-state index is -0.280. The first-order valence-electron chi connectivity index (χ1n) is 6.40. The summed E-state index contributed by atoms with van der Waals surface area (Å²) >= 11 is 1.58. The Bertz CT molecular complexity index is 401. The molecule has 0 aliphatic rings. The van der Waals surface area contributed by atoms with Crippen molar-refractivity contribution in [1.82, 2.24) is 4.90 Å². The Hall–Kier alpha value is -1.36. The Balaban J connectivity index is 2.56. The van der Waals surface area contributed by atoms with Crippen molar-refractivity contribution >= 4 is 23.2 Å². The highest BCUT2D eigenvalue weighted by Crippen LogP contribution is 2.12. The van der Waals surface area contributed by atoms with Crippen LogP contribution in [-0.2, 0) is 20.7 Å². The Labute approximate surface area is 118 Å². The van der Waals surface area contributed by atoms with Gasteiger partial charge in [0.25, 0.3) is 0 Å². The van der Waals surface area contributed by atoms with Gasteiger partial charge in [-0.3, -0.25) is 9.59 Å². The second-order valence-electron chi connectivity index (χ2n) is 4.82. The number of methoxy groups -OCH3 is 1. The lowest BCUT2D eigenvalue weighted by Gasteiger charge is -2.24. The normalized spacial score (nSPS) is 10.5. The average molecular weight is 283 g/mol. The van der Waals surface area contributed by atoms with Crippen molar-refractivity contribution < 1.29 is 14.3 Å². The summed E-state index contributed by atoms with van der Waals surface area (Å²) in [4.78, 5) is 26.2. The minimum Gasteiger partial charge on any atom is -0.469 e. The van der Waals surface area contributed by atoms with Crippen LogP contribution in [0.5, 0.6) is 0 Å². The molecule has 0 aliphatic carbocycles. The Morgan fingerprint density at radius 2 is 2.16 bits per heavy atom. The van der Waals surface area contributed by atoms with Crippen molar-refractivity contribution in [2.75, 3.05) is 20.2 Å². The maximum Gasteiger partial charge on any atom is 0.307 e. The van der Waals surface area contributed by atoms with Gasteiger partial charge >= 0.3 is 5.97 Å². The molecule has 0 N–H and O–H groups in total. The van der Waals surface area contributed by atoms with Crippen LogP contribution in [0.3, 0.4) is 0 Å². The number of thiophene rings is 1. The number of hydrogen-bond acceptors (Lipinski definition) is 4. The van der Waals surface area contributed by atoms with Gasteiger partial charge < -0.3 is 9.64 Å². The van der Waals surface area contributed by atoms with Crippen molar-refractivity contribution in [3.8, 4) is 0 Å². The van der Waals surface area contributed by atoms with E-state index in [9.17, 15) is 9.59 Å². The molecule has 1 amide bonds. The largest absolute Gasteiger partial charge is 0.469 e. The van der Waals surface area contributed by atoms with E-state index in [-0.39, 0.29) is 18.3 Å². The number of amides is 1. The molecular weight excluding hydrogens is 262 g/mol. The highest BCUT2D eigenvalue weighted by Gasteiger charge is 2.17. The van der Waals surface area contributed by atoms with Crippen LogP contribution in [0.1, 0.15) is 25.1 Å². The number of esters is 1. The molecule has 106 valence electrons. The lowest BCUT2D eigenvalue weighted by molar-refractivity contribution is -0.141. The van der Waals surface area contributed by atoms with Gasteiger partial charge in [-0.1, -0.05) is 19.9 Å². The van der Waals surface area contributed by atoms with Crippen LogP contribution < -0.4 is 0 Å². The molecule has 0 fully saturated rings. The monoisotopic (exact) mass is 283 g/mol. The molecular formula is C14H21NO3S. The van der Waals surface area contributed by atoms with Gasteiger partial charge in [0.1, 0.15) is 0 Å². The molecule has 0 atom stereocenters. The van der Waals surface area contributed by atoms with Gasteiger partial charge in [-0.05, 0) is 17.4 Å². The summed E-state index contributed by atoms with van der Waals surface area (Å²) in [5.74, 6) is 0.169. The van der Waals surface area contributed by atoms with Crippen molar-refractivity contribution in [3.05, 3.63) is 22.4 Å². The highest BCUT2D eigenvalue weighted by molar-refractivity contribution is 7.10. The van der Waals surface area contributed by atoms with Gasteiger partial charge in [-0.2, -0.15) is 0 Å². The number of ether oxygens (including phenoxy) is 1. The quantitative estimate of drug-likeness (QED) is 0.722. The van der Waals surface area contributed by atoms with Crippen molar-refractivity contribution in [2.24, 2.45) is 5.92 Å². The fourth-order valence-corrected chi connectivity index (χ4v) is 2.46. The van der Waals surface area contributed by atoms with Gasteiger partial charge in [0.05, 0.1) is 20.0 Å². The fraction of sp³-hybridized carbons (Fsp3) is 0.571. The van der Waals surface area contributed by atoms with Crippen LogP contribution in [-0.4, -0.2) is 37.0 Å². The van der Waals surface area contributed by atoms with E-state index >= 15 is 0 Å². The fourth-order valence-electron chi connectivity index (χ4n) is 1.76. The summed E-state index contributed by atoms with van der Waals surface area (Å²) in [6, 6.07) is 3.89. The zero-order chi connectivity index (χ0) is 14.3. The summed E-state index contributed by atoms with van der Waals surface area (Å²) in [7, 11) is 1.36. The van der Waals surface area contributed by atoms with E-state index in [2.05, 4.69) is 18.6 Å². The molecule has 1 aromatic heterocycles. The summed E-state index contributed by atoms with van der Waals surface area (Å²) in [5.41, 5.74) is 0. The van der Waals surface area contributed by atoms with Crippen LogP contribution in [0, 0.1) is 5.92 Å². The summed E-state index contributed by atoms with van der Waals surface area (Å²) in [5, 5.41) is 1.96. The van der Waals surface area contributed by atoms with E-state index in [1.165, 1.54) is 7.11 Å². The van der Waals surface area contributed by atoms with E-state index in [4.69, 9.17) is 0 Å². The highest BCUT2D eigenvalue weighted by atomic mass is 32.1. The smallest absolute Gasteiger partial charge is 0.307 e. The number of rotatable bonds is 7. The lowest BCUT2D eigenvalue weighted by Crippen LogP contribution is -2.37. The number of carbonyl (C=O) groups is 2. The van der Waals surface area contributed by atoms with Gasteiger partial charge in [-0.25, -0.2) is 0 Å². The predicted molar refractivity (Wildman–Crippen MR) is 76.1 cm³/mol. The summed E-state index contributed by atoms with van der Waals surface area (Å²) < 4.78 is 4.62. The maximum absolute atomic E-state index is 12.2. The number of nitrogens with zero attached hydrogens (tertiary/aromatic N) is 1. The van der Waals surface area contributed by atoms with Gasteiger partial charge in [-0.15, -0.1) is 11.3 Å². The summed E-state index contributed by atoms with van der Waals surface area (Å²) in [6.07, 6.45) is 0.658. The standard InChI is InChI=1S/C14H21NO3S/c1-11(2)10-15(7-6-14(17)18-3)13(16)9-12-5-4-8-19-12/h4-5,8,11H,6-7,9-10H2,1-3H3. The number of carbonyl (C=O) groups excluding carboxylic acids is 2. The lowest BCUT2D eigenvalue weighted by atomic mass is 10.2. The number of hydrogen-bond donors (Lipinski definition) is 0. The van der Waals surface area contributed by atoms with Crippen LogP contribution >= 0.6 is 11.3 Å². The molecule has 1 aromatic rings. The molecule has 0 aliphatic heterocycles. The van der Waals surface area contributed by atoms with Gasteiger partial charge in [0, 0.05) is 18.0 Å². The topological polar surface area (TPSA) is 46.6 Å². The zero-order valence-electron chi connectivity index (χ0n) is 11.7. The SMILES string of the molecule is COC(=O)CCN(CC(C)C)C(=O)Cc1cccs1. The molecule has 4 nitrogen and oxygen atoms in total. The molecule has 5 heteroatoms. The predicted octanol–water partition coefficient (Wildman–Crippen LogP) is 2.34. The molecule has 0 aromatic carbocycles. The molecule has 19 heavy (non-hydrogen) atoms. The first-order valence-corrected chi connectivity index (χ1v) is 7.28. The Morgan fingerprint density at radius 3 is 2.68 bits per heavy atom. The van der Waals surface area contributed by atoms with Gasteiger partial charge in [0.2, 0.25) is 5.91 Å². The van der Waals surface area contributed by atoms with Crippen LogP contribution in [0.4, 0.5) is 0 Å². The maximum atomic E-state index is 12.2. The Morgan fingerprint density at radius 1 is 1.42 bits per heavy atom. The van der Waals surface area contributed by atoms with Crippen LogP contribution in [0.15, 0.2) is 17.5 Å². The molecule has 0 radical (unpaired) electrons. The van der Waals surface area contributed by atoms with Crippen molar-refractivity contribution in [3.63, 3.8) is 0 Å². The van der Waals surface area contributed by atoms with Crippen molar-refractivity contribution in [1.29, 1.82) is 0 Å². The van der Waals surface area contributed by atoms with Gasteiger partial charge in [0.15, 0.2) is 0 Å². The van der Waals surface area contributed by atoms with E-state index in [0.717, 1.165) is 4.88 Å². The third-order valence-electron chi connectivity index (χ3n) is 2.66. The van der Waals surface area contributed by atoms with E-state index in [0.29, 0.717) is 25.4 Å². The molecule has 1 heterocycles. The first kappa shape index (κ1) is 15.7. The third kappa shape index (κ3) is 5.87. The zero-order valence-corrected chi connectivity index (χ0v) is 12.5. The van der Waals surface area contributed by atoms with E-state index in [1.807, 2.05) is 17.5 Å². The molecule has 0 bridgehead atoms. The average Bonchev–Trinajstić information content (AvgIpc) is 2.86. The van der Waals surface area contributed by atoms with E-state index in [1.54, 1.807) is 16.2 Å². The van der Waals surface area contributed by atoms with Crippen molar-refractivity contribution in [2.45, 2.75) is 26.7 Å². The van der Waals surface area contributed by atoms with E-state index < -0.39 is 0 Å². The summed E-state index contributed by atoms with van der Waals surface area (Å²) in [6.45, 7) is 5.21. The van der Waals surface area contributed by atoms with Crippen LogP contribution in [0.25, 0.3) is 0 Å². The molecule has 0 saturated heterocycles.